The average Bonchev–Trinajstić information content (AvgIpc) is 2.55. The van der Waals surface area contributed by atoms with E-state index in [-0.39, 0.29) is 5.41 Å². The van der Waals surface area contributed by atoms with Crippen molar-refractivity contribution in [3.8, 4) is 0 Å². The summed E-state index contributed by atoms with van der Waals surface area (Å²) in [6, 6.07) is 15.4. The van der Waals surface area contributed by atoms with Crippen LogP contribution in [0.3, 0.4) is 0 Å². The maximum Gasteiger partial charge on any atom is 0.0119 e. The summed E-state index contributed by atoms with van der Waals surface area (Å²) in [5.41, 5.74) is 7.84. The molecule has 2 atom stereocenters. The van der Waals surface area contributed by atoms with Crippen LogP contribution in [0.1, 0.15) is 32.3 Å². The van der Waals surface area contributed by atoms with Crippen LogP contribution in [0.5, 0.6) is 0 Å². The van der Waals surface area contributed by atoms with Gasteiger partial charge in [0.25, 0.3) is 0 Å². The highest BCUT2D eigenvalue weighted by Crippen LogP contribution is 2.40. The highest BCUT2D eigenvalue weighted by Gasteiger charge is 2.36. The number of nitrogens with two attached hydrogens (primary N) is 1. The van der Waals surface area contributed by atoms with Crippen LogP contribution in [0.2, 0.25) is 0 Å². The molecule has 2 aromatic rings. The minimum Gasteiger partial charge on any atom is -0.330 e. The molecular formula is C20H30N2. The monoisotopic (exact) mass is 298 g/mol. The lowest BCUT2D eigenvalue weighted by atomic mass is 9.66. The summed E-state index contributed by atoms with van der Waals surface area (Å²) in [5.74, 6) is 0.559. The first kappa shape index (κ1) is 17.0. The second-order valence-corrected chi connectivity index (χ2v) is 6.75. The topological polar surface area (TPSA) is 29.3 Å². The normalized spacial score (nSPS) is 15.9. The van der Waals surface area contributed by atoms with Crippen LogP contribution < -0.4 is 5.73 Å². The first-order chi connectivity index (χ1) is 10.5. The van der Waals surface area contributed by atoms with Crippen molar-refractivity contribution in [3.05, 3.63) is 48.0 Å². The zero-order valence-electron chi connectivity index (χ0n) is 14.5. The summed E-state index contributed by atoms with van der Waals surface area (Å²) < 4.78 is 0. The number of rotatable bonds is 7. The minimum absolute atomic E-state index is 0.0416. The number of hydrogen-bond donors (Lipinski definition) is 1. The summed E-state index contributed by atoms with van der Waals surface area (Å²) in [5, 5.41) is 2.67. The number of nitrogens with zero attached hydrogens (tertiary/aromatic N) is 1. The molecule has 0 aromatic heterocycles. The fourth-order valence-corrected chi connectivity index (χ4v) is 3.53. The van der Waals surface area contributed by atoms with Gasteiger partial charge in [0.15, 0.2) is 0 Å². The van der Waals surface area contributed by atoms with E-state index < -0.39 is 0 Å². The fourth-order valence-electron chi connectivity index (χ4n) is 3.53. The molecule has 0 aliphatic carbocycles. The highest BCUT2D eigenvalue weighted by atomic mass is 15.0. The Kier molecular flexibility index (Phi) is 5.60. The van der Waals surface area contributed by atoms with Gasteiger partial charge < -0.3 is 10.6 Å². The Morgan fingerprint density at radius 2 is 1.77 bits per heavy atom. The van der Waals surface area contributed by atoms with E-state index in [4.69, 9.17) is 5.73 Å². The number of benzene rings is 2. The molecule has 2 rings (SSSR count). The van der Waals surface area contributed by atoms with Gasteiger partial charge in [0.05, 0.1) is 0 Å². The van der Waals surface area contributed by atoms with E-state index in [1.165, 1.54) is 16.3 Å². The standard InChI is InChI=1S/C20H30N2/c1-5-16(2)20(15-21,13-14-22(3)4)19-12-8-10-17-9-6-7-11-18(17)19/h6-12,16H,5,13-15,21H2,1-4H3/t16-,20-/m0/s1. The molecule has 0 bridgehead atoms. The van der Waals surface area contributed by atoms with Crippen LogP contribution in [0.15, 0.2) is 42.5 Å². The average molecular weight is 298 g/mol. The highest BCUT2D eigenvalue weighted by molar-refractivity contribution is 5.86. The van der Waals surface area contributed by atoms with Gasteiger partial charge in [-0.25, -0.2) is 0 Å². The maximum atomic E-state index is 6.38. The molecule has 2 nitrogen and oxygen atoms in total. The molecule has 0 saturated carbocycles. The fraction of sp³-hybridized carbons (Fsp3) is 0.500. The van der Waals surface area contributed by atoms with Crippen molar-refractivity contribution >= 4 is 10.8 Å². The predicted molar refractivity (Wildman–Crippen MR) is 97.3 cm³/mol. The molecule has 0 unspecified atom stereocenters. The van der Waals surface area contributed by atoms with E-state index in [2.05, 4.69) is 75.3 Å². The van der Waals surface area contributed by atoms with Gasteiger partial charge in [-0.2, -0.15) is 0 Å². The third-order valence-electron chi connectivity index (χ3n) is 5.25. The van der Waals surface area contributed by atoms with Crippen LogP contribution in [0, 0.1) is 5.92 Å². The van der Waals surface area contributed by atoms with E-state index in [0.29, 0.717) is 12.5 Å². The summed E-state index contributed by atoms with van der Waals surface area (Å²) in [4.78, 5) is 2.26. The van der Waals surface area contributed by atoms with Crippen LogP contribution in [-0.2, 0) is 5.41 Å². The molecule has 22 heavy (non-hydrogen) atoms. The Morgan fingerprint density at radius 3 is 2.41 bits per heavy atom. The van der Waals surface area contributed by atoms with E-state index >= 15 is 0 Å². The molecule has 2 N–H and O–H groups in total. The summed E-state index contributed by atoms with van der Waals surface area (Å²) in [6.07, 6.45) is 2.24. The molecule has 2 aromatic carbocycles. The Bertz CT molecular complexity index is 600. The predicted octanol–water partition coefficient (Wildman–Crippen LogP) is 4.03. The molecule has 0 aliphatic rings. The zero-order valence-corrected chi connectivity index (χ0v) is 14.5. The van der Waals surface area contributed by atoms with Crippen LogP contribution in [-0.4, -0.2) is 32.1 Å². The largest absolute Gasteiger partial charge is 0.330 e. The first-order valence-corrected chi connectivity index (χ1v) is 8.38. The Morgan fingerprint density at radius 1 is 1.09 bits per heavy atom. The van der Waals surface area contributed by atoms with Crippen molar-refractivity contribution in [2.24, 2.45) is 11.7 Å². The second-order valence-electron chi connectivity index (χ2n) is 6.75. The summed E-state index contributed by atoms with van der Waals surface area (Å²) in [6.45, 7) is 6.38. The molecule has 0 fully saturated rings. The Hall–Kier alpha value is -1.38. The van der Waals surface area contributed by atoms with Gasteiger partial charge in [-0.15, -0.1) is 0 Å². The Balaban J connectivity index is 2.59. The van der Waals surface area contributed by atoms with Crippen molar-refractivity contribution in [3.63, 3.8) is 0 Å². The SMILES string of the molecule is CC[C@H](C)[C@@](CN)(CCN(C)C)c1cccc2ccccc12. The van der Waals surface area contributed by atoms with Gasteiger partial charge in [0, 0.05) is 12.0 Å². The third kappa shape index (κ3) is 3.18. The molecular weight excluding hydrogens is 268 g/mol. The molecule has 0 radical (unpaired) electrons. The van der Waals surface area contributed by atoms with Gasteiger partial charge in [-0.3, -0.25) is 0 Å². The maximum absolute atomic E-state index is 6.38. The first-order valence-electron chi connectivity index (χ1n) is 8.38. The second kappa shape index (κ2) is 7.26. The minimum atomic E-state index is 0.0416. The molecule has 0 amide bonds. The molecule has 0 heterocycles. The summed E-state index contributed by atoms with van der Waals surface area (Å²) in [7, 11) is 4.28. The van der Waals surface area contributed by atoms with E-state index in [0.717, 1.165) is 19.4 Å². The van der Waals surface area contributed by atoms with Crippen molar-refractivity contribution in [1.29, 1.82) is 0 Å². The lowest BCUT2D eigenvalue weighted by Crippen LogP contribution is -2.43. The lowest BCUT2D eigenvalue weighted by Gasteiger charge is -2.40. The van der Waals surface area contributed by atoms with Crippen LogP contribution in [0.4, 0.5) is 0 Å². The molecule has 0 aliphatic heterocycles. The molecule has 2 heteroatoms. The lowest BCUT2D eigenvalue weighted by molar-refractivity contribution is 0.236. The van der Waals surface area contributed by atoms with Gasteiger partial charge in [0.1, 0.15) is 0 Å². The summed E-state index contributed by atoms with van der Waals surface area (Å²) >= 11 is 0. The number of hydrogen-bond acceptors (Lipinski definition) is 2. The molecule has 0 saturated heterocycles. The van der Waals surface area contributed by atoms with E-state index in [1.807, 2.05) is 0 Å². The van der Waals surface area contributed by atoms with Crippen LogP contribution >= 0.6 is 0 Å². The van der Waals surface area contributed by atoms with Gasteiger partial charge in [-0.05, 0) is 49.3 Å². The molecule has 0 spiro atoms. The molecule has 120 valence electrons. The third-order valence-corrected chi connectivity index (χ3v) is 5.25. The van der Waals surface area contributed by atoms with Gasteiger partial charge >= 0.3 is 0 Å². The zero-order chi connectivity index (χ0) is 16.2. The quantitative estimate of drug-likeness (QED) is 0.836. The van der Waals surface area contributed by atoms with Crippen molar-refractivity contribution in [1.82, 2.24) is 4.90 Å². The van der Waals surface area contributed by atoms with E-state index in [9.17, 15) is 0 Å². The number of fused-ring (bicyclic) bond motifs is 1. The van der Waals surface area contributed by atoms with Crippen molar-refractivity contribution in [2.45, 2.75) is 32.1 Å². The van der Waals surface area contributed by atoms with Gasteiger partial charge in [0.2, 0.25) is 0 Å². The van der Waals surface area contributed by atoms with Crippen molar-refractivity contribution in [2.75, 3.05) is 27.2 Å². The van der Waals surface area contributed by atoms with Crippen LogP contribution in [0.25, 0.3) is 10.8 Å². The van der Waals surface area contributed by atoms with Crippen molar-refractivity contribution < 1.29 is 0 Å². The van der Waals surface area contributed by atoms with Gasteiger partial charge in [-0.1, -0.05) is 62.7 Å². The Labute approximate surface area is 135 Å². The smallest absolute Gasteiger partial charge is 0.0119 e. The van der Waals surface area contributed by atoms with E-state index in [1.54, 1.807) is 0 Å².